The molecule has 1 amide bonds. The summed E-state index contributed by atoms with van der Waals surface area (Å²) in [6.45, 7) is 2.06. The number of benzene rings is 3. The van der Waals surface area contributed by atoms with Crippen molar-refractivity contribution in [1.29, 1.82) is 0 Å². The van der Waals surface area contributed by atoms with E-state index in [-0.39, 0.29) is 18.0 Å². The molecule has 1 aliphatic heterocycles. The quantitative estimate of drug-likeness (QED) is 0.425. The second-order valence-corrected chi connectivity index (χ2v) is 8.36. The van der Waals surface area contributed by atoms with Gasteiger partial charge in [0.1, 0.15) is 17.8 Å². The molecule has 4 aromatic rings. The lowest BCUT2D eigenvalue weighted by molar-refractivity contribution is 0.0963. The molecule has 7 nitrogen and oxygen atoms in total. The van der Waals surface area contributed by atoms with Crippen molar-refractivity contribution in [3.63, 3.8) is 0 Å². The van der Waals surface area contributed by atoms with E-state index in [4.69, 9.17) is 9.47 Å². The second-order valence-electron chi connectivity index (χ2n) is 8.36. The number of hydrogen-bond donors (Lipinski definition) is 0. The monoisotopic (exact) mass is 454 g/mol. The van der Waals surface area contributed by atoms with E-state index >= 15 is 0 Å². The fourth-order valence-electron chi connectivity index (χ4n) is 4.50. The van der Waals surface area contributed by atoms with E-state index in [2.05, 4.69) is 41.3 Å². The molecule has 5 rings (SSSR count). The zero-order chi connectivity index (χ0) is 23.7. The maximum Gasteiger partial charge on any atom is 0.261 e. The van der Waals surface area contributed by atoms with Crippen molar-refractivity contribution >= 4 is 11.9 Å². The van der Waals surface area contributed by atoms with Gasteiger partial charge in [-0.2, -0.15) is 10.1 Å². The van der Waals surface area contributed by atoms with Crippen molar-refractivity contribution in [2.24, 2.45) is 0 Å². The van der Waals surface area contributed by atoms with Crippen molar-refractivity contribution in [2.45, 2.75) is 25.4 Å². The van der Waals surface area contributed by atoms with Crippen LogP contribution in [0.15, 0.2) is 79.1 Å². The van der Waals surface area contributed by atoms with Crippen LogP contribution in [-0.2, 0) is 0 Å². The first kappa shape index (κ1) is 21.7. The van der Waals surface area contributed by atoms with E-state index < -0.39 is 0 Å². The van der Waals surface area contributed by atoms with E-state index in [1.54, 1.807) is 31.3 Å². The maximum atomic E-state index is 13.9. The number of ether oxygens (including phenoxy) is 2. The zero-order valence-electron chi connectivity index (χ0n) is 19.4. The molecule has 2 unspecified atom stereocenters. The summed E-state index contributed by atoms with van der Waals surface area (Å²) < 4.78 is 12.5. The van der Waals surface area contributed by atoms with Gasteiger partial charge >= 0.3 is 0 Å². The number of hydrogen-bond acceptors (Lipinski definition) is 5. The third-order valence-electron chi connectivity index (χ3n) is 6.32. The van der Waals surface area contributed by atoms with Gasteiger partial charge in [-0.3, -0.25) is 9.69 Å². The van der Waals surface area contributed by atoms with Gasteiger partial charge in [-0.25, -0.2) is 4.68 Å². The standard InChI is InChI=1S/C27H26N4O3/c1-18-7-9-19(10-8-18)24-16-25(20-11-13-22(33-2)14-12-20)31-27(28-17-29-31)30(24)26(32)21-5-4-6-23(15-21)34-3/h4-15,17,24-25H,16H2,1-3H3. The van der Waals surface area contributed by atoms with E-state index in [0.717, 1.165) is 16.9 Å². The van der Waals surface area contributed by atoms with Crippen LogP contribution in [0.1, 0.15) is 45.6 Å². The first-order chi connectivity index (χ1) is 16.6. The van der Waals surface area contributed by atoms with Gasteiger partial charge in [0.25, 0.3) is 5.91 Å². The molecule has 34 heavy (non-hydrogen) atoms. The SMILES string of the molecule is COc1ccc(C2CC(c3ccc(C)cc3)N(C(=O)c3cccc(OC)c3)c3ncnn32)cc1. The maximum absolute atomic E-state index is 13.9. The number of methoxy groups -OCH3 is 2. The van der Waals surface area contributed by atoms with Crippen LogP contribution in [-0.4, -0.2) is 34.9 Å². The number of carbonyl (C=O) groups excluding carboxylic acids is 1. The molecule has 0 fully saturated rings. The summed E-state index contributed by atoms with van der Waals surface area (Å²) in [5.41, 5.74) is 3.83. The number of fused-ring (bicyclic) bond motifs is 1. The molecule has 2 atom stereocenters. The molecular weight excluding hydrogens is 428 g/mol. The smallest absolute Gasteiger partial charge is 0.261 e. The highest BCUT2D eigenvalue weighted by Gasteiger charge is 2.39. The van der Waals surface area contributed by atoms with Crippen LogP contribution in [0.25, 0.3) is 0 Å². The third-order valence-corrected chi connectivity index (χ3v) is 6.32. The Hall–Kier alpha value is -4.13. The highest BCUT2D eigenvalue weighted by molar-refractivity contribution is 6.06. The number of amides is 1. The number of carbonyl (C=O) groups is 1. The summed E-state index contributed by atoms with van der Waals surface area (Å²) in [5, 5.41) is 4.52. The summed E-state index contributed by atoms with van der Waals surface area (Å²) >= 11 is 0. The minimum Gasteiger partial charge on any atom is -0.497 e. The fourth-order valence-corrected chi connectivity index (χ4v) is 4.50. The van der Waals surface area contributed by atoms with Gasteiger partial charge in [0.05, 0.1) is 26.3 Å². The van der Waals surface area contributed by atoms with Crippen molar-refractivity contribution in [3.8, 4) is 11.5 Å². The molecule has 1 aromatic heterocycles. The van der Waals surface area contributed by atoms with Crippen LogP contribution in [0.4, 0.5) is 5.95 Å². The Labute approximate surface area is 198 Å². The van der Waals surface area contributed by atoms with Gasteiger partial charge in [0, 0.05) is 5.56 Å². The average molecular weight is 455 g/mol. The lowest BCUT2D eigenvalue weighted by Gasteiger charge is -2.39. The molecular formula is C27H26N4O3. The molecule has 0 N–H and O–H groups in total. The predicted octanol–water partition coefficient (Wildman–Crippen LogP) is 4.98. The molecule has 0 saturated carbocycles. The lowest BCUT2D eigenvalue weighted by atomic mass is 9.91. The summed E-state index contributed by atoms with van der Waals surface area (Å²) in [6, 6.07) is 23.2. The number of rotatable bonds is 5. The van der Waals surface area contributed by atoms with Crippen LogP contribution in [0.3, 0.4) is 0 Å². The van der Waals surface area contributed by atoms with E-state index in [0.29, 0.717) is 23.7 Å². The van der Waals surface area contributed by atoms with Crippen LogP contribution >= 0.6 is 0 Å². The minimum atomic E-state index is -0.219. The van der Waals surface area contributed by atoms with Crippen LogP contribution < -0.4 is 14.4 Å². The molecule has 0 aliphatic carbocycles. The molecule has 3 aromatic carbocycles. The highest BCUT2D eigenvalue weighted by Crippen LogP contribution is 2.42. The molecule has 1 aliphatic rings. The van der Waals surface area contributed by atoms with Crippen molar-refractivity contribution in [2.75, 3.05) is 19.1 Å². The number of aryl methyl sites for hydroxylation is 1. The Morgan fingerprint density at radius 1 is 0.882 bits per heavy atom. The summed E-state index contributed by atoms with van der Waals surface area (Å²) in [6.07, 6.45) is 2.16. The van der Waals surface area contributed by atoms with E-state index in [9.17, 15) is 4.79 Å². The Morgan fingerprint density at radius 2 is 1.56 bits per heavy atom. The number of nitrogens with zero attached hydrogens (tertiary/aromatic N) is 4. The molecule has 0 saturated heterocycles. The topological polar surface area (TPSA) is 69.5 Å². The zero-order valence-corrected chi connectivity index (χ0v) is 19.4. The average Bonchev–Trinajstić information content (AvgIpc) is 3.38. The van der Waals surface area contributed by atoms with Crippen LogP contribution in [0.2, 0.25) is 0 Å². The third kappa shape index (κ3) is 3.90. The fraction of sp³-hybridized carbons (Fsp3) is 0.222. The molecule has 0 bridgehead atoms. The van der Waals surface area contributed by atoms with Gasteiger partial charge in [0.2, 0.25) is 5.95 Å². The van der Waals surface area contributed by atoms with Crippen molar-refractivity contribution in [1.82, 2.24) is 14.8 Å². The summed E-state index contributed by atoms with van der Waals surface area (Å²) in [4.78, 5) is 20.2. The van der Waals surface area contributed by atoms with Gasteiger partial charge in [-0.15, -0.1) is 0 Å². The second kappa shape index (κ2) is 9.02. The molecule has 0 radical (unpaired) electrons. The van der Waals surface area contributed by atoms with Gasteiger partial charge in [-0.1, -0.05) is 48.0 Å². The first-order valence-electron chi connectivity index (χ1n) is 11.2. The highest BCUT2D eigenvalue weighted by atomic mass is 16.5. The molecule has 0 spiro atoms. The van der Waals surface area contributed by atoms with Crippen molar-refractivity contribution < 1.29 is 14.3 Å². The van der Waals surface area contributed by atoms with Crippen molar-refractivity contribution in [3.05, 3.63) is 101 Å². The number of aromatic nitrogens is 3. The van der Waals surface area contributed by atoms with E-state index in [1.807, 2.05) is 41.1 Å². The molecule has 2 heterocycles. The summed E-state index contributed by atoms with van der Waals surface area (Å²) in [7, 11) is 3.25. The first-order valence-corrected chi connectivity index (χ1v) is 11.2. The lowest BCUT2D eigenvalue weighted by Crippen LogP contribution is -2.42. The largest absolute Gasteiger partial charge is 0.497 e. The Morgan fingerprint density at radius 3 is 2.26 bits per heavy atom. The van der Waals surface area contributed by atoms with Gasteiger partial charge < -0.3 is 9.47 Å². The summed E-state index contributed by atoms with van der Waals surface area (Å²) in [5.74, 6) is 1.80. The van der Waals surface area contributed by atoms with Gasteiger partial charge in [-0.05, 0) is 54.8 Å². The minimum absolute atomic E-state index is 0.0796. The van der Waals surface area contributed by atoms with Crippen LogP contribution in [0.5, 0.6) is 11.5 Å². The normalized spacial score (nSPS) is 17.2. The van der Waals surface area contributed by atoms with E-state index in [1.165, 1.54) is 11.9 Å². The van der Waals surface area contributed by atoms with Crippen LogP contribution in [0, 0.1) is 6.92 Å². The predicted molar refractivity (Wildman–Crippen MR) is 129 cm³/mol. The number of anilines is 1. The molecule has 172 valence electrons. The Kier molecular flexibility index (Phi) is 5.76. The van der Waals surface area contributed by atoms with Gasteiger partial charge in [0.15, 0.2) is 0 Å². The molecule has 7 heteroatoms. The Bertz CT molecular complexity index is 1300. The Balaban J connectivity index is 1.62.